The van der Waals surface area contributed by atoms with Gasteiger partial charge < -0.3 is 9.64 Å². The minimum atomic E-state index is -0.0841. The fourth-order valence-electron chi connectivity index (χ4n) is 3.65. The molecule has 2 heterocycles. The van der Waals surface area contributed by atoms with E-state index in [1.807, 2.05) is 30.3 Å². The second-order valence-electron chi connectivity index (χ2n) is 9.20. The Hall–Kier alpha value is -2.90. The second kappa shape index (κ2) is 9.53. The van der Waals surface area contributed by atoms with E-state index in [-0.39, 0.29) is 17.2 Å². The molecule has 2 aromatic rings. The van der Waals surface area contributed by atoms with Crippen LogP contribution in [0.25, 0.3) is 6.08 Å². The number of aliphatic imine (C=N–C) groups is 1. The Morgan fingerprint density at radius 3 is 2.45 bits per heavy atom. The van der Waals surface area contributed by atoms with Gasteiger partial charge in [0.15, 0.2) is 5.17 Å². The number of hydrogen-bond donors (Lipinski definition) is 0. The van der Waals surface area contributed by atoms with Crippen molar-refractivity contribution in [2.75, 3.05) is 33.4 Å². The van der Waals surface area contributed by atoms with Gasteiger partial charge in [-0.2, -0.15) is 0 Å². The first-order valence-corrected chi connectivity index (χ1v) is 11.9. The lowest BCUT2D eigenvalue weighted by Gasteiger charge is -2.26. The highest BCUT2D eigenvalue weighted by atomic mass is 32.2. The standard InChI is InChI=1S/C26H29N3O3S/c1-26(2,3)20-10-8-18(9-11-20)16-22-24(31)28(4)25(33-22)27-21-7-5-6-19(17-21)23(30)29-12-14-32-15-13-29/h5-11,16-17H,12-15H2,1-4H3/b22-16+,27-25?. The van der Waals surface area contributed by atoms with Gasteiger partial charge in [-0.05, 0) is 52.6 Å². The van der Waals surface area contributed by atoms with Gasteiger partial charge in [-0.3, -0.25) is 14.5 Å². The maximum absolute atomic E-state index is 12.8. The number of morpholine rings is 1. The lowest BCUT2D eigenvalue weighted by molar-refractivity contribution is -0.121. The quantitative estimate of drug-likeness (QED) is 0.620. The van der Waals surface area contributed by atoms with Crippen LogP contribution in [0.2, 0.25) is 0 Å². The van der Waals surface area contributed by atoms with Crippen molar-refractivity contribution in [2.24, 2.45) is 4.99 Å². The number of nitrogens with zero attached hydrogens (tertiary/aromatic N) is 3. The van der Waals surface area contributed by atoms with Crippen LogP contribution in [0.15, 0.2) is 58.4 Å². The van der Waals surface area contributed by atoms with Gasteiger partial charge in [0.25, 0.3) is 11.8 Å². The predicted octanol–water partition coefficient (Wildman–Crippen LogP) is 4.69. The molecule has 7 heteroatoms. The molecule has 172 valence electrons. The highest BCUT2D eigenvalue weighted by Gasteiger charge is 2.30. The molecule has 6 nitrogen and oxygen atoms in total. The van der Waals surface area contributed by atoms with Gasteiger partial charge in [0, 0.05) is 25.7 Å². The van der Waals surface area contributed by atoms with Crippen molar-refractivity contribution in [1.29, 1.82) is 0 Å². The van der Waals surface area contributed by atoms with Crippen molar-refractivity contribution in [3.05, 3.63) is 70.1 Å². The van der Waals surface area contributed by atoms with Crippen molar-refractivity contribution in [1.82, 2.24) is 9.80 Å². The average molecular weight is 464 g/mol. The molecule has 2 saturated heterocycles. The summed E-state index contributed by atoms with van der Waals surface area (Å²) >= 11 is 1.34. The number of hydrogen-bond acceptors (Lipinski definition) is 5. The average Bonchev–Trinajstić information content (AvgIpc) is 3.07. The van der Waals surface area contributed by atoms with Gasteiger partial charge in [-0.25, -0.2) is 4.99 Å². The summed E-state index contributed by atoms with van der Waals surface area (Å²) in [5.41, 5.74) is 3.55. The molecule has 2 fully saturated rings. The molecule has 0 bridgehead atoms. The Balaban J connectivity index is 1.53. The van der Waals surface area contributed by atoms with Crippen LogP contribution in [0.4, 0.5) is 5.69 Å². The van der Waals surface area contributed by atoms with Gasteiger partial charge in [0.1, 0.15) is 0 Å². The molecule has 2 aromatic carbocycles. The van der Waals surface area contributed by atoms with Gasteiger partial charge in [0.05, 0.1) is 23.8 Å². The van der Waals surface area contributed by atoms with E-state index in [0.29, 0.717) is 47.6 Å². The van der Waals surface area contributed by atoms with Crippen molar-refractivity contribution >= 4 is 40.5 Å². The number of amides is 2. The molecule has 0 atom stereocenters. The summed E-state index contributed by atoms with van der Waals surface area (Å²) in [6.07, 6.45) is 1.90. The lowest BCUT2D eigenvalue weighted by atomic mass is 9.87. The zero-order valence-corrected chi connectivity index (χ0v) is 20.3. The van der Waals surface area contributed by atoms with Crippen LogP contribution in [0.3, 0.4) is 0 Å². The third kappa shape index (κ3) is 5.37. The molecule has 0 saturated carbocycles. The number of carbonyl (C=O) groups is 2. The van der Waals surface area contributed by atoms with Crippen LogP contribution in [0.1, 0.15) is 42.3 Å². The van der Waals surface area contributed by atoms with E-state index in [9.17, 15) is 9.59 Å². The minimum Gasteiger partial charge on any atom is -0.378 e. The van der Waals surface area contributed by atoms with E-state index in [1.165, 1.54) is 17.3 Å². The Bertz CT molecular complexity index is 1110. The lowest BCUT2D eigenvalue weighted by Crippen LogP contribution is -2.40. The van der Waals surface area contributed by atoms with E-state index in [4.69, 9.17) is 4.74 Å². The monoisotopic (exact) mass is 463 g/mol. The molecule has 2 aliphatic heterocycles. The smallest absolute Gasteiger partial charge is 0.266 e. The highest BCUT2D eigenvalue weighted by molar-refractivity contribution is 8.18. The first-order chi connectivity index (χ1) is 15.7. The molecule has 2 amide bonds. The molecule has 0 aliphatic carbocycles. The topological polar surface area (TPSA) is 62.2 Å². The van der Waals surface area contributed by atoms with Crippen LogP contribution in [0, 0.1) is 0 Å². The fourth-order valence-corrected chi connectivity index (χ4v) is 4.64. The number of thioether (sulfide) groups is 1. The highest BCUT2D eigenvalue weighted by Crippen LogP contribution is 2.33. The Morgan fingerprint density at radius 2 is 1.79 bits per heavy atom. The zero-order chi connectivity index (χ0) is 23.6. The third-order valence-corrected chi connectivity index (χ3v) is 6.75. The molecular weight excluding hydrogens is 434 g/mol. The van der Waals surface area contributed by atoms with Gasteiger partial charge in [-0.1, -0.05) is 51.1 Å². The Kier molecular flexibility index (Phi) is 6.72. The van der Waals surface area contributed by atoms with Crippen LogP contribution in [0.5, 0.6) is 0 Å². The number of benzene rings is 2. The van der Waals surface area contributed by atoms with E-state index in [2.05, 4.69) is 37.9 Å². The zero-order valence-electron chi connectivity index (χ0n) is 19.5. The normalized spacial score (nSPS) is 19.6. The molecular formula is C26H29N3O3S. The summed E-state index contributed by atoms with van der Waals surface area (Å²) in [6.45, 7) is 8.84. The number of ether oxygens (including phenoxy) is 1. The summed E-state index contributed by atoms with van der Waals surface area (Å²) in [4.78, 5) is 34.2. The van der Waals surface area contributed by atoms with Crippen molar-refractivity contribution in [3.63, 3.8) is 0 Å². The molecule has 2 aliphatic rings. The van der Waals surface area contributed by atoms with Gasteiger partial charge in [-0.15, -0.1) is 0 Å². The van der Waals surface area contributed by atoms with Crippen LogP contribution < -0.4 is 0 Å². The maximum atomic E-state index is 12.8. The molecule has 0 aromatic heterocycles. The molecule has 0 spiro atoms. The third-order valence-electron chi connectivity index (χ3n) is 5.69. The first-order valence-electron chi connectivity index (χ1n) is 11.1. The first kappa shape index (κ1) is 23.3. The molecule has 4 rings (SSSR count). The summed E-state index contributed by atoms with van der Waals surface area (Å²) in [6, 6.07) is 15.5. The van der Waals surface area contributed by atoms with Crippen LogP contribution in [-0.4, -0.2) is 60.1 Å². The number of carbonyl (C=O) groups excluding carboxylic acids is 2. The second-order valence-corrected chi connectivity index (χ2v) is 10.2. The summed E-state index contributed by atoms with van der Waals surface area (Å²) < 4.78 is 5.33. The SMILES string of the molecule is CN1C(=O)/C(=C\c2ccc(C(C)(C)C)cc2)SC1=Nc1cccc(C(=O)N2CCOCC2)c1. The van der Waals surface area contributed by atoms with Crippen LogP contribution >= 0.6 is 11.8 Å². The molecule has 0 N–H and O–H groups in total. The largest absolute Gasteiger partial charge is 0.378 e. The summed E-state index contributed by atoms with van der Waals surface area (Å²) in [7, 11) is 1.72. The summed E-state index contributed by atoms with van der Waals surface area (Å²) in [5, 5.41) is 0.591. The van der Waals surface area contributed by atoms with E-state index in [1.54, 1.807) is 29.0 Å². The molecule has 33 heavy (non-hydrogen) atoms. The Morgan fingerprint density at radius 1 is 1.09 bits per heavy atom. The van der Waals surface area contributed by atoms with Crippen molar-refractivity contribution < 1.29 is 14.3 Å². The number of likely N-dealkylation sites (N-methyl/N-ethyl adjacent to an activating group) is 1. The predicted molar refractivity (Wildman–Crippen MR) is 134 cm³/mol. The van der Waals surface area contributed by atoms with Crippen LogP contribution in [-0.2, 0) is 14.9 Å². The van der Waals surface area contributed by atoms with Gasteiger partial charge >= 0.3 is 0 Å². The van der Waals surface area contributed by atoms with Crippen molar-refractivity contribution in [2.45, 2.75) is 26.2 Å². The van der Waals surface area contributed by atoms with Gasteiger partial charge in [0.2, 0.25) is 0 Å². The fraction of sp³-hybridized carbons (Fsp3) is 0.346. The van der Waals surface area contributed by atoms with E-state index >= 15 is 0 Å². The number of rotatable bonds is 3. The Labute approximate surface area is 199 Å². The van der Waals surface area contributed by atoms with E-state index < -0.39 is 0 Å². The maximum Gasteiger partial charge on any atom is 0.266 e. The summed E-state index contributed by atoms with van der Waals surface area (Å²) in [5.74, 6) is -0.109. The minimum absolute atomic E-state index is 0.0249. The van der Waals surface area contributed by atoms with E-state index in [0.717, 1.165) is 5.56 Å². The molecule has 0 unspecified atom stereocenters. The van der Waals surface area contributed by atoms with Crippen molar-refractivity contribution in [3.8, 4) is 0 Å². The molecule has 0 radical (unpaired) electrons. The number of amidine groups is 1.